The predicted octanol–water partition coefficient (Wildman–Crippen LogP) is 6.86. The lowest BCUT2D eigenvalue weighted by atomic mass is 9.90. The molecule has 0 radical (unpaired) electrons. The third-order valence-corrected chi connectivity index (χ3v) is 8.89. The number of allylic oxidation sites excluding steroid dienone is 1. The summed E-state index contributed by atoms with van der Waals surface area (Å²) >= 11 is 12.6. The van der Waals surface area contributed by atoms with E-state index in [2.05, 4.69) is 21.1 Å². The fourth-order valence-electron chi connectivity index (χ4n) is 5.07. The first-order chi connectivity index (χ1) is 25.5. The first-order valence-electron chi connectivity index (χ1n) is 16.7. The Hall–Kier alpha value is -5.54. The number of nitrogens with zero attached hydrogens (tertiary/aromatic N) is 3. The van der Waals surface area contributed by atoms with E-state index < -0.39 is 22.9 Å². The van der Waals surface area contributed by atoms with Gasteiger partial charge in [0.15, 0.2) is 0 Å². The van der Waals surface area contributed by atoms with E-state index in [4.69, 9.17) is 44.3 Å². The number of ether oxygens (including phenoxy) is 1. The molecule has 0 fully saturated rings. The monoisotopic (exact) mass is 776 g/mol. The molecular formula is C38H42Cl2N8O6. The summed E-state index contributed by atoms with van der Waals surface area (Å²) in [6.07, 6.45) is 1.41. The molecular weight excluding hydrogens is 735 g/mol. The van der Waals surface area contributed by atoms with Crippen LogP contribution in [0.5, 0.6) is 5.75 Å². The Kier molecular flexibility index (Phi) is 13.7. The summed E-state index contributed by atoms with van der Waals surface area (Å²) in [5.41, 5.74) is 2.80. The van der Waals surface area contributed by atoms with Crippen LogP contribution in [0.25, 0.3) is 5.69 Å². The molecule has 14 nitrogen and oxygen atoms in total. The molecule has 284 valence electrons. The Bertz CT molecular complexity index is 2160. The second kappa shape index (κ2) is 18.0. The third-order valence-electron chi connectivity index (χ3n) is 8.23. The largest absolute Gasteiger partial charge is 0.487 e. The van der Waals surface area contributed by atoms with Gasteiger partial charge in [-0.2, -0.15) is 0 Å². The second-order valence-electron chi connectivity index (χ2n) is 13.2. The van der Waals surface area contributed by atoms with Crippen LogP contribution in [-0.4, -0.2) is 45.5 Å². The zero-order chi connectivity index (χ0) is 39.7. The molecule has 1 aromatic heterocycles. The van der Waals surface area contributed by atoms with Crippen LogP contribution in [0.4, 0.5) is 16.2 Å². The molecule has 0 atom stereocenters. The minimum atomic E-state index is -0.707. The second-order valence-corrected chi connectivity index (χ2v) is 14.0. The quantitative estimate of drug-likeness (QED) is 0.0262. The summed E-state index contributed by atoms with van der Waals surface area (Å²) in [6, 6.07) is 17.5. The van der Waals surface area contributed by atoms with Gasteiger partial charge in [-0.1, -0.05) is 74.3 Å². The van der Waals surface area contributed by atoms with Gasteiger partial charge in [0, 0.05) is 53.3 Å². The number of pyridine rings is 1. The van der Waals surface area contributed by atoms with Crippen molar-refractivity contribution >= 4 is 52.2 Å². The van der Waals surface area contributed by atoms with E-state index in [0.717, 1.165) is 10.6 Å². The Labute approximate surface area is 322 Å². The number of aryl methyl sites for hydroxylation is 2. The highest BCUT2D eigenvalue weighted by atomic mass is 35.5. The highest BCUT2D eigenvalue weighted by Gasteiger charge is 2.22. The van der Waals surface area contributed by atoms with Crippen molar-refractivity contribution in [2.75, 3.05) is 18.5 Å². The molecule has 3 aromatic carbocycles. The van der Waals surface area contributed by atoms with Crippen molar-refractivity contribution in [2.24, 2.45) is 16.4 Å². The first kappa shape index (κ1) is 41.2. The van der Waals surface area contributed by atoms with Crippen LogP contribution >= 0.6 is 23.2 Å². The summed E-state index contributed by atoms with van der Waals surface area (Å²) in [4.78, 5) is 50.7. The standard InChI is InChI=1S/C38H42Cl2N8O6/c1-22-10-11-24(35(50)43-14-15-49)17-30(22)47-23(2)16-31(34(40)36(47)51)54-21-26-9-7-6-8-25(26)20-44-37(52)48(42)33(19-32(41)38(3,4)5)45-27-12-13-28(39)29(18-27)46-53/h6-13,16-19,41,45,49H,14-15,20-21,42H2,1-5H3,(H,43,50)(H,44,52)/b33-19+,41-32?. The van der Waals surface area contributed by atoms with Crippen LogP contribution in [0.15, 0.2) is 88.6 Å². The number of aliphatic hydroxyl groups is 1. The zero-order valence-corrected chi connectivity index (χ0v) is 31.9. The number of hydrogen-bond donors (Lipinski definition) is 6. The lowest BCUT2D eigenvalue weighted by molar-refractivity contribution is 0.0944. The van der Waals surface area contributed by atoms with Crippen LogP contribution in [0.1, 0.15) is 53.5 Å². The molecule has 0 bridgehead atoms. The molecule has 4 rings (SSSR count). The molecule has 0 aliphatic heterocycles. The Morgan fingerprint density at radius 1 is 1.04 bits per heavy atom. The first-order valence-corrected chi connectivity index (χ1v) is 17.5. The van der Waals surface area contributed by atoms with Crippen LogP contribution in [-0.2, 0) is 13.2 Å². The Balaban J connectivity index is 1.52. The number of nitrogens with two attached hydrogens (primary N) is 1. The van der Waals surface area contributed by atoms with Gasteiger partial charge in [0.2, 0.25) is 0 Å². The van der Waals surface area contributed by atoms with Crippen molar-refractivity contribution in [3.8, 4) is 11.4 Å². The average molecular weight is 778 g/mol. The lowest BCUT2D eigenvalue weighted by Crippen LogP contribution is -2.46. The number of anilines is 1. The van der Waals surface area contributed by atoms with E-state index in [-0.39, 0.29) is 59.3 Å². The predicted molar refractivity (Wildman–Crippen MR) is 211 cm³/mol. The molecule has 0 aliphatic rings. The van der Waals surface area contributed by atoms with Crippen molar-refractivity contribution in [1.29, 1.82) is 5.41 Å². The Morgan fingerprint density at radius 2 is 1.74 bits per heavy atom. The van der Waals surface area contributed by atoms with Gasteiger partial charge in [0.25, 0.3) is 11.5 Å². The minimum Gasteiger partial charge on any atom is -0.487 e. The van der Waals surface area contributed by atoms with Gasteiger partial charge in [-0.05, 0) is 66.0 Å². The zero-order valence-electron chi connectivity index (χ0n) is 30.4. The summed E-state index contributed by atoms with van der Waals surface area (Å²) in [5, 5.41) is 29.7. The topological polar surface area (TPSA) is 204 Å². The van der Waals surface area contributed by atoms with E-state index in [1.807, 2.05) is 20.8 Å². The van der Waals surface area contributed by atoms with E-state index in [1.165, 1.54) is 22.8 Å². The van der Waals surface area contributed by atoms with Crippen molar-refractivity contribution in [3.63, 3.8) is 0 Å². The van der Waals surface area contributed by atoms with Crippen LogP contribution in [0.2, 0.25) is 10.0 Å². The van der Waals surface area contributed by atoms with Gasteiger partial charge in [0.1, 0.15) is 28.9 Å². The van der Waals surface area contributed by atoms with Gasteiger partial charge < -0.3 is 31.2 Å². The molecule has 7 N–H and O–H groups in total. The average Bonchev–Trinajstić information content (AvgIpc) is 3.14. The number of benzene rings is 3. The van der Waals surface area contributed by atoms with Gasteiger partial charge in [-0.15, -0.1) is 4.91 Å². The number of halogens is 2. The number of hydrazine groups is 1. The summed E-state index contributed by atoms with van der Waals surface area (Å²) in [7, 11) is 0. The molecule has 16 heteroatoms. The highest BCUT2D eigenvalue weighted by molar-refractivity contribution is 6.33. The van der Waals surface area contributed by atoms with Crippen LogP contribution in [0.3, 0.4) is 0 Å². The SMILES string of the molecule is Cc1ccc(C(=O)NCCO)cc1-n1c(C)cc(OCc2ccccc2CNC(=O)N(N)/C(=C/C(=N)C(C)(C)C)Nc2ccc(Cl)c(N=O)c2)c(Cl)c1=O. The number of nitroso groups, excluding NO2 is 1. The number of hydrogen-bond acceptors (Lipinski definition) is 10. The third kappa shape index (κ3) is 10.1. The minimum absolute atomic E-state index is 0.000338. The van der Waals surface area contributed by atoms with E-state index >= 15 is 0 Å². The molecule has 0 unspecified atom stereocenters. The van der Waals surface area contributed by atoms with Crippen LogP contribution < -0.4 is 32.1 Å². The molecule has 1 heterocycles. The fraction of sp³-hybridized carbons (Fsp3) is 0.263. The smallest absolute Gasteiger partial charge is 0.337 e. The van der Waals surface area contributed by atoms with E-state index in [0.29, 0.717) is 33.8 Å². The van der Waals surface area contributed by atoms with Crippen molar-refractivity contribution in [3.05, 3.63) is 132 Å². The number of carbonyl (C=O) groups is 2. The van der Waals surface area contributed by atoms with Gasteiger partial charge in [-0.25, -0.2) is 15.6 Å². The van der Waals surface area contributed by atoms with Crippen molar-refractivity contribution in [1.82, 2.24) is 20.2 Å². The summed E-state index contributed by atoms with van der Waals surface area (Å²) in [6.45, 7) is 8.95. The number of amides is 3. The highest BCUT2D eigenvalue weighted by Crippen LogP contribution is 2.30. The normalized spacial score (nSPS) is 11.5. The molecule has 3 amide bonds. The molecule has 0 aliphatic carbocycles. The molecule has 4 aromatic rings. The number of aromatic nitrogens is 1. The van der Waals surface area contributed by atoms with Gasteiger partial charge in [-0.3, -0.25) is 14.2 Å². The number of carbonyl (C=O) groups excluding carboxylic acids is 2. The number of nitrogens with one attached hydrogen (secondary N) is 4. The fourth-order valence-corrected chi connectivity index (χ4v) is 5.41. The molecule has 0 saturated heterocycles. The summed E-state index contributed by atoms with van der Waals surface area (Å²) in [5.74, 6) is 6.08. The van der Waals surface area contributed by atoms with Crippen molar-refractivity contribution in [2.45, 2.75) is 47.8 Å². The number of urea groups is 1. The Morgan fingerprint density at radius 3 is 2.41 bits per heavy atom. The van der Waals surface area contributed by atoms with E-state index in [9.17, 15) is 19.3 Å². The molecule has 0 saturated carbocycles. The molecule has 0 spiro atoms. The van der Waals surface area contributed by atoms with Gasteiger partial charge >= 0.3 is 6.03 Å². The maximum absolute atomic E-state index is 13.6. The van der Waals surface area contributed by atoms with Crippen LogP contribution in [0, 0.1) is 29.6 Å². The molecule has 54 heavy (non-hydrogen) atoms. The van der Waals surface area contributed by atoms with E-state index in [1.54, 1.807) is 68.4 Å². The summed E-state index contributed by atoms with van der Waals surface area (Å²) < 4.78 is 7.46. The van der Waals surface area contributed by atoms with Crippen molar-refractivity contribution < 1.29 is 19.4 Å². The number of rotatable bonds is 14. The number of aliphatic hydroxyl groups excluding tert-OH is 1. The maximum Gasteiger partial charge on any atom is 0.337 e. The maximum atomic E-state index is 13.6. The van der Waals surface area contributed by atoms with Gasteiger partial charge in [0.05, 0.1) is 17.3 Å². The lowest BCUT2D eigenvalue weighted by Gasteiger charge is -2.25.